The van der Waals surface area contributed by atoms with Gasteiger partial charge in [-0.1, -0.05) is 27.7 Å². The molecule has 2 atom stereocenters. The van der Waals surface area contributed by atoms with Gasteiger partial charge in [0.15, 0.2) is 0 Å². The van der Waals surface area contributed by atoms with Crippen molar-refractivity contribution in [3.05, 3.63) is 20.8 Å². The monoisotopic (exact) mass is 303 g/mol. The molecule has 1 aromatic heterocycles. The molecule has 3 heteroatoms. The lowest BCUT2D eigenvalue weighted by Crippen LogP contribution is -2.31. The molecular formula is C13H22BrNS. The third kappa shape index (κ3) is 3.86. The SMILES string of the molecule is CC(NCC(C)C(C)(C)C)c1sccc1Br. The highest BCUT2D eigenvalue weighted by Crippen LogP contribution is 2.30. The van der Waals surface area contributed by atoms with Crippen LogP contribution < -0.4 is 5.32 Å². The lowest BCUT2D eigenvalue weighted by atomic mass is 9.82. The minimum atomic E-state index is 0.374. The van der Waals surface area contributed by atoms with Crippen LogP contribution in [0.15, 0.2) is 15.9 Å². The Labute approximate surface area is 112 Å². The van der Waals surface area contributed by atoms with Crippen molar-refractivity contribution in [1.82, 2.24) is 5.32 Å². The van der Waals surface area contributed by atoms with Crippen LogP contribution in [0.5, 0.6) is 0 Å². The largest absolute Gasteiger partial charge is 0.309 e. The maximum Gasteiger partial charge on any atom is 0.0397 e. The van der Waals surface area contributed by atoms with Gasteiger partial charge in [0.05, 0.1) is 0 Å². The van der Waals surface area contributed by atoms with E-state index in [0.29, 0.717) is 17.4 Å². The molecule has 0 spiro atoms. The summed E-state index contributed by atoms with van der Waals surface area (Å²) in [5.41, 5.74) is 0.374. The minimum Gasteiger partial charge on any atom is -0.309 e. The van der Waals surface area contributed by atoms with Gasteiger partial charge in [0.2, 0.25) is 0 Å². The molecule has 0 saturated heterocycles. The average molecular weight is 304 g/mol. The normalized spacial score (nSPS) is 16.1. The molecule has 0 saturated carbocycles. The van der Waals surface area contributed by atoms with Gasteiger partial charge in [0.1, 0.15) is 0 Å². The average Bonchev–Trinajstić information content (AvgIpc) is 2.58. The van der Waals surface area contributed by atoms with E-state index in [1.165, 1.54) is 9.35 Å². The first-order valence-electron chi connectivity index (χ1n) is 5.78. The van der Waals surface area contributed by atoms with Crippen LogP contribution in [0, 0.1) is 11.3 Å². The van der Waals surface area contributed by atoms with Crippen LogP contribution in [-0.4, -0.2) is 6.54 Å². The first kappa shape index (κ1) is 14.2. The van der Waals surface area contributed by atoms with Gasteiger partial charge in [-0.25, -0.2) is 0 Å². The maximum absolute atomic E-state index is 3.61. The smallest absolute Gasteiger partial charge is 0.0397 e. The van der Waals surface area contributed by atoms with E-state index >= 15 is 0 Å². The van der Waals surface area contributed by atoms with E-state index in [1.54, 1.807) is 0 Å². The fraction of sp³-hybridized carbons (Fsp3) is 0.692. The Hall–Kier alpha value is 0.140. The highest BCUT2D eigenvalue weighted by molar-refractivity contribution is 9.10. The molecule has 0 radical (unpaired) electrons. The first-order valence-corrected chi connectivity index (χ1v) is 7.46. The minimum absolute atomic E-state index is 0.374. The van der Waals surface area contributed by atoms with Crippen LogP contribution >= 0.6 is 27.3 Å². The number of thiophene rings is 1. The fourth-order valence-corrected chi connectivity index (χ4v) is 3.12. The number of halogens is 1. The van der Waals surface area contributed by atoms with Gasteiger partial charge in [-0.15, -0.1) is 11.3 Å². The predicted molar refractivity (Wildman–Crippen MR) is 77.1 cm³/mol. The van der Waals surface area contributed by atoms with E-state index < -0.39 is 0 Å². The summed E-state index contributed by atoms with van der Waals surface area (Å²) in [5.74, 6) is 0.675. The van der Waals surface area contributed by atoms with Crippen LogP contribution in [0.25, 0.3) is 0 Å². The topological polar surface area (TPSA) is 12.0 Å². The summed E-state index contributed by atoms with van der Waals surface area (Å²) >= 11 is 5.39. The zero-order valence-electron chi connectivity index (χ0n) is 10.8. The second kappa shape index (κ2) is 5.65. The van der Waals surface area contributed by atoms with E-state index in [4.69, 9.17) is 0 Å². The summed E-state index contributed by atoms with van der Waals surface area (Å²) in [5, 5.41) is 5.74. The molecule has 1 aromatic rings. The van der Waals surface area contributed by atoms with Crippen molar-refractivity contribution in [2.24, 2.45) is 11.3 Å². The lowest BCUT2D eigenvalue weighted by molar-refractivity contribution is 0.247. The number of rotatable bonds is 4. The molecule has 1 heterocycles. The zero-order valence-corrected chi connectivity index (χ0v) is 13.2. The molecule has 0 bridgehead atoms. The maximum atomic E-state index is 3.61. The summed E-state index contributed by atoms with van der Waals surface area (Å²) in [6.45, 7) is 12.5. The van der Waals surface area contributed by atoms with E-state index in [2.05, 4.69) is 67.3 Å². The van der Waals surface area contributed by atoms with Gasteiger partial charge in [-0.2, -0.15) is 0 Å². The second-order valence-electron chi connectivity index (χ2n) is 5.53. The molecule has 0 fully saturated rings. The Bertz CT molecular complexity index is 327. The lowest BCUT2D eigenvalue weighted by Gasteiger charge is -2.28. The summed E-state index contributed by atoms with van der Waals surface area (Å²) in [6, 6.07) is 2.55. The van der Waals surface area contributed by atoms with E-state index in [9.17, 15) is 0 Å². The predicted octanol–water partition coefficient (Wildman–Crippen LogP) is 4.84. The first-order chi connectivity index (χ1) is 7.32. The Kier molecular flexibility index (Phi) is 5.02. The summed E-state index contributed by atoms with van der Waals surface area (Å²) < 4.78 is 1.22. The van der Waals surface area contributed by atoms with Gasteiger partial charge in [-0.3, -0.25) is 0 Å². The second-order valence-corrected chi connectivity index (χ2v) is 7.33. The van der Waals surface area contributed by atoms with Crippen molar-refractivity contribution in [2.75, 3.05) is 6.54 Å². The number of hydrogen-bond donors (Lipinski definition) is 1. The molecule has 16 heavy (non-hydrogen) atoms. The third-order valence-corrected chi connectivity index (χ3v) is 5.30. The van der Waals surface area contributed by atoms with E-state index in [1.807, 2.05) is 11.3 Å². The van der Waals surface area contributed by atoms with Gasteiger partial charge >= 0.3 is 0 Å². The quantitative estimate of drug-likeness (QED) is 0.839. The molecule has 0 aliphatic rings. The molecule has 0 aromatic carbocycles. The standard InChI is InChI=1S/C13H22BrNS/c1-9(13(3,4)5)8-15-10(2)12-11(14)6-7-16-12/h6-7,9-10,15H,8H2,1-5H3. The summed E-state index contributed by atoms with van der Waals surface area (Å²) in [4.78, 5) is 1.39. The molecular weight excluding hydrogens is 282 g/mol. The van der Waals surface area contributed by atoms with Gasteiger partial charge in [0, 0.05) is 15.4 Å². The van der Waals surface area contributed by atoms with Crippen molar-refractivity contribution >= 4 is 27.3 Å². The van der Waals surface area contributed by atoms with Crippen LogP contribution in [0.1, 0.15) is 45.5 Å². The fourth-order valence-electron chi connectivity index (χ4n) is 1.37. The van der Waals surface area contributed by atoms with Gasteiger partial charge in [0.25, 0.3) is 0 Å². The Morgan fingerprint density at radius 1 is 1.38 bits per heavy atom. The molecule has 0 amide bonds. The van der Waals surface area contributed by atoms with Gasteiger partial charge in [-0.05, 0) is 52.2 Å². The Balaban J connectivity index is 2.48. The van der Waals surface area contributed by atoms with Gasteiger partial charge < -0.3 is 5.32 Å². The molecule has 1 N–H and O–H groups in total. The van der Waals surface area contributed by atoms with Crippen molar-refractivity contribution in [3.63, 3.8) is 0 Å². The van der Waals surface area contributed by atoms with Crippen LogP contribution in [0.2, 0.25) is 0 Å². The highest BCUT2D eigenvalue weighted by atomic mass is 79.9. The van der Waals surface area contributed by atoms with Crippen LogP contribution in [0.4, 0.5) is 0 Å². The molecule has 2 unspecified atom stereocenters. The third-order valence-electron chi connectivity index (χ3n) is 3.25. The molecule has 0 aliphatic heterocycles. The van der Waals surface area contributed by atoms with E-state index in [-0.39, 0.29) is 0 Å². The van der Waals surface area contributed by atoms with Crippen LogP contribution in [0.3, 0.4) is 0 Å². The van der Waals surface area contributed by atoms with Crippen molar-refractivity contribution in [2.45, 2.75) is 40.7 Å². The zero-order chi connectivity index (χ0) is 12.3. The molecule has 1 nitrogen and oxygen atoms in total. The van der Waals surface area contributed by atoms with Crippen molar-refractivity contribution in [1.29, 1.82) is 0 Å². The Morgan fingerprint density at radius 3 is 2.44 bits per heavy atom. The van der Waals surface area contributed by atoms with Crippen molar-refractivity contribution < 1.29 is 0 Å². The number of nitrogens with one attached hydrogen (secondary N) is 1. The molecule has 1 rings (SSSR count). The summed E-state index contributed by atoms with van der Waals surface area (Å²) in [7, 11) is 0. The van der Waals surface area contributed by atoms with Crippen molar-refractivity contribution in [3.8, 4) is 0 Å². The van der Waals surface area contributed by atoms with Crippen LogP contribution in [-0.2, 0) is 0 Å². The molecule has 92 valence electrons. The molecule has 0 aliphatic carbocycles. The highest BCUT2D eigenvalue weighted by Gasteiger charge is 2.20. The van der Waals surface area contributed by atoms with E-state index in [0.717, 1.165) is 6.54 Å². The number of hydrogen-bond acceptors (Lipinski definition) is 2. The summed E-state index contributed by atoms with van der Waals surface area (Å²) in [6.07, 6.45) is 0. The Morgan fingerprint density at radius 2 is 2.00 bits per heavy atom.